The molecule has 1 N–H and O–H groups in total. The Bertz CT molecular complexity index is 372. The standard InChI is InChI=1S/C7H15NO3/c1-8(2,3)5-6(9)4-7(10)11/h6,9H,4-5H2,1-3H3/t6-/m1/s1/i1D3,2D3,4D2,6D. The number of nitrogens with zero attached hydrogens (tertiary/aromatic N) is 1. The molecule has 0 aliphatic carbocycles. The van der Waals surface area contributed by atoms with E-state index in [-0.39, 0.29) is 0 Å². The van der Waals surface area contributed by atoms with Crippen LogP contribution < -0.4 is 5.11 Å². The van der Waals surface area contributed by atoms with Crippen LogP contribution in [0.4, 0.5) is 0 Å². The zero-order valence-corrected chi connectivity index (χ0v) is 5.92. The van der Waals surface area contributed by atoms with Gasteiger partial charge in [0.25, 0.3) is 0 Å². The maximum Gasteiger partial charge on any atom is 0.108 e. The summed E-state index contributed by atoms with van der Waals surface area (Å²) in [7, 11) is 0.658. The lowest BCUT2D eigenvalue weighted by Gasteiger charge is -2.26. The highest BCUT2D eigenvalue weighted by Gasteiger charge is 2.14. The number of aliphatic hydroxyl groups is 1. The SMILES string of the molecule is [2H]C([2H])(C(=O)[O-])[C@@]([2H])(O)C[N+](C)(C([2H])([2H])[2H])C([2H])([2H])[2H]. The molecular weight excluding hydrogens is 146 g/mol. The average molecular weight is 170 g/mol. The Morgan fingerprint density at radius 1 is 2.00 bits per heavy atom. The predicted octanol–water partition coefficient (Wildman–Crippen LogP) is -1.81. The highest BCUT2D eigenvalue weighted by Crippen LogP contribution is 1.97. The molecule has 0 rings (SSSR count). The number of likely N-dealkylation sites (N-methyl/N-ethyl adjacent to an activating group) is 1. The van der Waals surface area contributed by atoms with Crippen LogP contribution in [-0.4, -0.2) is 49.2 Å². The number of hydrogen-bond acceptors (Lipinski definition) is 3. The highest BCUT2D eigenvalue weighted by molar-refractivity contribution is 5.64. The number of carboxylic acids is 1. The molecule has 1 atom stereocenters. The molecule has 11 heavy (non-hydrogen) atoms. The van der Waals surface area contributed by atoms with E-state index in [0.29, 0.717) is 7.05 Å². The van der Waals surface area contributed by atoms with Crippen molar-refractivity contribution in [3.8, 4) is 0 Å². The zero-order chi connectivity index (χ0) is 16.8. The smallest absolute Gasteiger partial charge is 0.108 e. The molecule has 4 heteroatoms. The highest BCUT2D eigenvalue weighted by atomic mass is 16.4. The van der Waals surface area contributed by atoms with Crippen molar-refractivity contribution in [2.75, 3.05) is 27.5 Å². The molecule has 0 aromatic carbocycles. The second-order valence-electron chi connectivity index (χ2n) is 2.21. The fourth-order valence-electron chi connectivity index (χ4n) is 0.457. The minimum absolute atomic E-state index is 0.658. The third kappa shape index (κ3) is 7.29. The van der Waals surface area contributed by atoms with E-state index in [0.717, 1.165) is 0 Å². The van der Waals surface area contributed by atoms with Gasteiger partial charge in [0.2, 0.25) is 0 Å². The maximum absolute atomic E-state index is 10.6. The van der Waals surface area contributed by atoms with Crippen molar-refractivity contribution >= 4 is 5.97 Å². The number of aliphatic carboxylic acids is 1. The van der Waals surface area contributed by atoms with Crippen LogP contribution in [0.3, 0.4) is 0 Å². The summed E-state index contributed by atoms with van der Waals surface area (Å²) in [5, 5.41) is 20.2. The van der Waals surface area contributed by atoms with E-state index in [1.807, 2.05) is 0 Å². The van der Waals surface area contributed by atoms with Crippen molar-refractivity contribution in [2.45, 2.75) is 12.5 Å². The number of carbonyl (C=O) groups excluding carboxylic acids is 1. The van der Waals surface area contributed by atoms with Crippen molar-refractivity contribution in [1.29, 1.82) is 0 Å². The number of rotatable bonds is 4. The second-order valence-corrected chi connectivity index (χ2v) is 2.21. The van der Waals surface area contributed by atoms with Crippen molar-refractivity contribution in [3.63, 3.8) is 0 Å². The molecule has 0 saturated heterocycles. The lowest BCUT2D eigenvalue weighted by molar-refractivity contribution is -0.873. The molecule has 0 aliphatic heterocycles. The molecule has 0 unspecified atom stereocenters. The summed E-state index contributed by atoms with van der Waals surface area (Å²) in [6.45, 7) is -7.97. The molecule has 0 heterocycles. The van der Waals surface area contributed by atoms with Crippen molar-refractivity contribution in [1.82, 2.24) is 0 Å². The first-order valence-corrected chi connectivity index (χ1v) is 2.70. The van der Waals surface area contributed by atoms with E-state index in [9.17, 15) is 15.0 Å². The number of carbonyl (C=O) groups is 1. The first kappa shape index (κ1) is 2.71. The Kier molecular flexibility index (Phi) is 0.908. The summed E-state index contributed by atoms with van der Waals surface area (Å²) < 4.78 is 62.8. The lowest BCUT2D eigenvalue weighted by atomic mass is 10.2. The van der Waals surface area contributed by atoms with E-state index in [4.69, 9.17) is 12.3 Å². The first-order valence-electron chi connectivity index (χ1n) is 7.20. The molecule has 0 radical (unpaired) electrons. The van der Waals surface area contributed by atoms with Gasteiger partial charge in [-0.05, 0) is 0 Å². The van der Waals surface area contributed by atoms with Crippen LogP contribution in [-0.2, 0) is 4.79 Å². The van der Waals surface area contributed by atoms with Crippen LogP contribution in [0, 0.1) is 0 Å². The minimum Gasteiger partial charge on any atom is -0.550 e. The molecular formula is C7H15NO3. The van der Waals surface area contributed by atoms with E-state index >= 15 is 0 Å². The first-order chi connectivity index (χ1) is 8.40. The topological polar surface area (TPSA) is 60.4 Å². The van der Waals surface area contributed by atoms with Gasteiger partial charge in [0.1, 0.15) is 12.6 Å². The molecule has 0 amide bonds. The molecule has 4 nitrogen and oxygen atoms in total. The van der Waals surface area contributed by atoms with Gasteiger partial charge in [-0.15, -0.1) is 0 Å². The van der Waals surface area contributed by atoms with Gasteiger partial charge in [-0.25, -0.2) is 0 Å². The van der Waals surface area contributed by atoms with Crippen LogP contribution in [0.1, 0.15) is 18.7 Å². The Hall–Kier alpha value is -0.610. The van der Waals surface area contributed by atoms with Gasteiger partial charge in [0.05, 0.1) is 30.6 Å². The average Bonchev–Trinajstić information content (AvgIpc) is 2.12. The van der Waals surface area contributed by atoms with Crippen LogP contribution in [0.2, 0.25) is 0 Å². The molecule has 0 spiro atoms. The fraction of sp³-hybridized carbons (Fsp3) is 0.857. The third-order valence-electron chi connectivity index (χ3n) is 0.712. The zero-order valence-electron chi connectivity index (χ0n) is 14.9. The van der Waals surface area contributed by atoms with Crippen molar-refractivity contribution in [2.24, 2.45) is 0 Å². The van der Waals surface area contributed by atoms with Gasteiger partial charge < -0.3 is 19.5 Å². The summed E-state index contributed by atoms with van der Waals surface area (Å²) in [6, 6.07) is 0. The number of quaternary nitrogens is 1. The van der Waals surface area contributed by atoms with E-state index in [1.54, 1.807) is 0 Å². The molecule has 0 aromatic heterocycles. The number of carboxylic acid groups (broad SMARTS) is 1. The second kappa shape index (κ2) is 3.69. The summed E-state index contributed by atoms with van der Waals surface area (Å²) in [5.41, 5.74) is 0. The Labute approximate surface area is 79.3 Å². The largest absolute Gasteiger partial charge is 0.550 e. The molecule has 0 fully saturated rings. The van der Waals surface area contributed by atoms with Crippen LogP contribution in [0.5, 0.6) is 0 Å². The van der Waals surface area contributed by atoms with Gasteiger partial charge in [0, 0.05) is 15.1 Å². The minimum atomic E-state index is -3.65. The fourth-order valence-corrected chi connectivity index (χ4v) is 0.457. The van der Waals surface area contributed by atoms with Crippen molar-refractivity contribution < 1.29 is 31.8 Å². The molecule has 0 saturated carbocycles. The maximum atomic E-state index is 10.6. The molecule has 0 aliphatic rings. The Balaban J connectivity index is 5.80. The third-order valence-corrected chi connectivity index (χ3v) is 0.712. The predicted molar refractivity (Wildman–Crippen MR) is 38.5 cm³/mol. The van der Waals surface area contributed by atoms with Gasteiger partial charge in [-0.3, -0.25) is 0 Å². The lowest BCUT2D eigenvalue weighted by Crippen LogP contribution is -2.43. The van der Waals surface area contributed by atoms with E-state index in [1.165, 1.54) is 0 Å². The van der Waals surface area contributed by atoms with Gasteiger partial charge in [-0.1, -0.05) is 0 Å². The summed E-state index contributed by atoms with van der Waals surface area (Å²) >= 11 is 0. The summed E-state index contributed by atoms with van der Waals surface area (Å²) in [6.07, 6.45) is -7.16. The van der Waals surface area contributed by atoms with E-state index < -0.39 is 43.4 Å². The molecule has 0 bridgehead atoms. The summed E-state index contributed by atoms with van der Waals surface area (Å²) in [4.78, 5) is 10.6. The van der Waals surface area contributed by atoms with Gasteiger partial charge in [0.15, 0.2) is 0 Å². The molecule has 0 aromatic rings. The normalized spacial score (nSPS) is 33.1. The van der Waals surface area contributed by atoms with Crippen molar-refractivity contribution in [3.05, 3.63) is 0 Å². The Morgan fingerprint density at radius 3 is 2.91 bits per heavy atom. The number of hydrogen-bond donors (Lipinski definition) is 1. The quantitative estimate of drug-likeness (QED) is 0.506. The van der Waals surface area contributed by atoms with Gasteiger partial charge >= 0.3 is 0 Å². The summed E-state index contributed by atoms with van der Waals surface area (Å²) in [5.74, 6) is -2.45. The van der Waals surface area contributed by atoms with Crippen LogP contribution >= 0.6 is 0 Å². The van der Waals surface area contributed by atoms with E-state index in [2.05, 4.69) is 0 Å². The van der Waals surface area contributed by atoms with Gasteiger partial charge in [-0.2, -0.15) is 0 Å². The van der Waals surface area contributed by atoms with Crippen LogP contribution in [0.15, 0.2) is 0 Å². The molecule has 66 valence electrons. The monoisotopic (exact) mass is 170 g/mol. The van der Waals surface area contributed by atoms with Crippen LogP contribution in [0.25, 0.3) is 0 Å². The Morgan fingerprint density at radius 2 is 2.55 bits per heavy atom.